The van der Waals surface area contributed by atoms with Gasteiger partial charge in [-0.25, -0.2) is 4.57 Å². The minimum absolute atomic E-state index is 0.0320. The lowest BCUT2D eigenvalue weighted by Crippen LogP contribution is -2.58. The first-order valence-electron chi connectivity index (χ1n) is 7.16. The Bertz CT molecular complexity index is 572. The molecule has 3 rings (SSSR count). The lowest BCUT2D eigenvalue weighted by atomic mass is 9.96. The molecule has 2 fully saturated rings. The van der Waals surface area contributed by atoms with E-state index in [4.69, 9.17) is 18.3 Å². The number of aliphatic hydroxyl groups is 1. The average Bonchev–Trinajstić information content (AvgIpc) is 2.71. The molecule has 0 aromatic carbocycles. The summed E-state index contributed by atoms with van der Waals surface area (Å²) >= 11 is 4.27. The van der Waals surface area contributed by atoms with E-state index in [9.17, 15) is 14.5 Å². The van der Waals surface area contributed by atoms with E-state index in [-0.39, 0.29) is 19.1 Å². The van der Waals surface area contributed by atoms with Crippen LogP contribution in [0.4, 0.5) is 0 Å². The fourth-order valence-electron chi connectivity index (χ4n) is 2.82. The first-order chi connectivity index (χ1) is 10.8. The van der Waals surface area contributed by atoms with Crippen LogP contribution < -0.4 is 5.32 Å². The Morgan fingerprint density at radius 1 is 1.65 bits per heavy atom. The van der Waals surface area contributed by atoms with Crippen LogP contribution in [0.25, 0.3) is 0 Å². The van der Waals surface area contributed by atoms with E-state index in [1.165, 1.54) is 24.1 Å². The van der Waals surface area contributed by atoms with Gasteiger partial charge in [-0.3, -0.25) is 18.4 Å². The number of nitrogens with zero attached hydrogens (tertiary/aromatic N) is 1. The Kier molecular flexibility index (Phi) is 4.52. The number of rotatable bonds is 3. The van der Waals surface area contributed by atoms with Crippen LogP contribution >= 0.6 is 20.5 Å². The summed E-state index contributed by atoms with van der Waals surface area (Å²) in [5, 5.41) is 13.5. The minimum Gasteiger partial charge on any atom is -0.383 e. The van der Waals surface area contributed by atoms with Crippen molar-refractivity contribution in [2.45, 2.75) is 43.4 Å². The third-order valence-electron chi connectivity index (χ3n) is 3.87. The molecule has 3 aliphatic heterocycles. The molecule has 11 heteroatoms. The van der Waals surface area contributed by atoms with Crippen LogP contribution in [0.2, 0.25) is 0 Å². The second-order valence-corrected chi connectivity index (χ2v) is 7.70. The summed E-state index contributed by atoms with van der Waals surface area (Å²) in [7, 11) is -3.72. The van der Waals surface area contributed by atoms with Crippen LogP contribution in [0.5, 0.6) is 0 Å². The number of hydrogen-bond acceptors (Lipinski definition) is 9. The first-order valence-corrected chi connectivity index (χ1v) is 9.14. The highest BCUT2D eigenvalue weighted by atomic mass is 32.1. The van der Waals surface area contributed by atoms with Crippen molar-refractivity contribution >= 4 is 26.4 Å². The second-order valence-electron chi connectivity index (χ2n) is 5.58. The van der Waals surface area contributed by atoms with E-state index in [1.54, 1.807) is 6.92 Å². The molecule has 0 aromatic rings. The third-order valence-corrected chi connectivity index (χ3v) is 5.79. The molecule has 3 heterocycles. The lowest BCUT2D eigenvalue weighted by molar-refractivity contribution is -0.132. The van der Waals surface area contributed by atoms with Gasteiger partial charge in [-0.1, -0.05) is 0 Å². The average molecular weight is 366 g/mol. The van der Waals surface area contributed by atoms with Gasteiger partial charge in [-0.15, -0.1) is 12.6 Å². The van der Waals surface area contributed by atoms with E-state index < -0.39 is 37.4 Å². The summed E-state index contributed by atoms with van der Waals surface area (Å²) in [5.41, 5.74) is -2.20. The molecule has 6 unspecified atom stereocenters. The number of ether oxygens (including phenoxy) is 1. The SMILES string of the molecule is CCOP1(=O)OCC2OC(N3C=CC(=O)NC3S)C(C)(O)C2O1. The van der Waals surface area contributed by atoms with E-state index in [0.717, 1.165) is 0 Å². The molecule has 0 aliphatic carbocycles. The highest BCUT2D eigenvalue weighted by Gasteiger charge is 2.61. The lowest BCUT2D eigenvalue weighted by Gasteiger charge is -2.40. The molecule has 2 saturated heterocycles. The minimum atomic E-state index is -3.72. The summed E-state index contributed by atoms with van der Waals surface area (Å²) in [5.74, 6) is -0.295. The first kappa shape index (κ1) is 17.2. The van der Waals surface area contributed by atoms with Crippen LogP contribution in [0, 0.1) is 0 Å². The number of carbonyl (C=O) groups is 1. The summed E-state index contributed by atoms with van der Waals surface area (Å²) < 4.78 is 33.7. The highest BCUT2D eigenvalue weighted by Crippen LogP contribution is 2.57. The van der Waals surface area contributed by atoms with Crippen LogP contribution in [-0.4, -0.2) is 58.7 Å². The molecule has 2 N–H and O–H groups in total. The summed E-state index contributed by atoms with van der Waals surface area (Å²) in [6, 6.07) is 0. The normalized spacial score (nSPS) is 46.6. The highest BCUT2D eigenvalue weighted by molar-refractivity contribution is 7.80. The molecule has 3 aliphatic rings. The summed E-state index contributed by atoms with van der Waals surface area (Å²) in [6.45, 7) is 3.29. The van der Waals surface area contributed by atoms with Crippen molar-refractivity contribution in [3.05, 3.63) is 12.3 Å². The molecule has 0 saturated carbocycles. The van der Waals surface area contributed by atoms with Crippen molar-refractivity contribution in [1.29, 1.82) is 0 Å². The molecule has 23 heavy (non-hydrogen) atoms. The quantitative estimate of drug-likeness (QED) is 0.480. The number of thiol groups is 1. The Labute approximate surface area is 138 Å². The number of phosphoric acid groups is 1. The molecule has 0 bridgehead atoms. The molecule has 0 spiro atoms. The molecule has 6 atom stereocenters. The smallest absolute Gasteiger partial charge is 0.383 e. The molecule has 9 nitrogen and oxygen atoms in total. The van der Waals surface area contributed by atoms with Crippen molar-refractivity contribution in [2.75, 3.05) is 13.2 Å². The van der Waals surface area contributed by atoms with Crippen molar-refractivity contribution in [3.63, 3.8) is 0 Å². The monoisotopic (exact) mass is 366 g/mol. The van der Waals surface area contributed by atoms with E-state index in [2.05, 4.69) is 17.9 Å². The fraction of sp³-hybridized carbons (Fsp3) is 0.750. The fourth-order valence-corrected chi connectivity index (χ4v) is 4.61. The van der Waals surface area contributed by atoms with Gasteiger partial charge in [0.05, 0.1) is 13.2 Å². The van der Waals surface area contributed by atoms with Gasteiger partial charge >= 0.3 is 7.82 Å². The van der Waals surface area contributed by atoms with Gasteiger partial charge in [-0.05, 0) is 13.8 Å². The van der Waals surface area contributed by atoms with Gasteiger partial charge in [0.25, 0.3) is 0 Å². The van der Waals surface area contributed by atoms with Gasteiger partial charge < -0.3 is 20.1 Å². The Morgan fingerprint density at radius 3 is 3.04 bits per heavy atom. The maximum atomic E-state index is 12.3. The predicted molar refractivity (Wildman–Crippen MR) is 81.2 cm³/mol. The van der Waals surface area contributed by atoms with Crippen LogP contribution in [0.15, 0.2) is 12.3 Å². The Hall–Kier alpha value is -0.610. The van der Waals surface area contributed by atoms with Crippen LogP contribution in [0.1, 0.15) is 13.8 Å². The maximum Gasteiger partial charge on any atom is 0.475 e. The van der Waals surface area contributed by atoms with E-state index in [1.807, 2.05) is 0 Å². The number of amides is 1. The number of carbonyl (C=O) groups excluding carboxylic acids is 1. The van der Waals surface area contributed by atoms with E-state index in [0.29, 0.717) is 0 Å². The van der Waals surface area contributed by atoms with Crippen molar-refractivity contribution in [3.8, 4) is 0 Å². The zero-order valence-corrected chi connectivity index (χ0v) is 14.4. The number of hydrogen-bond donors (Lipinski definition) is 3. The van der Waals surface area contributed by atoms with Crippen LogP contribution in [-0.2, 0) is 27.7 Å². The molecular formula is C12H19N2O7PS. The molecule has 130 valence electrons. The van der Waals surface area contributed by atoms with Crippen LogP contribution in [0.3, 0.4) is 0 Å². The number of nitrogens with one attached hydrogen (secondary N) is 1. The Morgan fingerprint density at radius 2 is 2.39 bits per heavy atom. The third kappa shape index (κ3) is 3.05. The van der Waals surface area contributed by atoms with Gasteiger partial charge in [-0.2, -0.15) is 0 Å². The zero-order valence-electron chi connectivity index (χ0n) is 12.6. The largest absolute Gasteiger partial charge is 0.475 e. The standard InChI is InChI=1S/C12H19N2O7PS/c1-3-18-22(17)19-6-7-9(21-22)12(2,16)10(20-7)14-5-4-8(15)13-11(14)23/h4-5,7,9-11,16,23H,3,6H2,1-2H3,(H,13,15). The second kappa shape index (κ2) is 6.03. The Balaban J connectivity index is 1.83. The predicted octanol–water partition coefficient (Wildman–Crippen LogP) is 0.181. The zero-order chi connectivity index (χ0) is 16.8. The van der Waals surface area contributed by atoms with E-state index >= 15 is 0 Å². The van der Waals surface area contributed by atoms with Gasteiger partial charge in [0.2, 0.25) is 5.91 Å². The molecule has 0 radical (unpaired) electrons. The van der Waals surface area contributed by atoms with Gasteiger partial charge in [0.15, 0.2) is 6.23 Å². The molecule has 0 aromatic heterocycles. The van der Waals surface area contributed by atoms with Gasteiger partial charge in [0, 0.05) is 12.3 Å². The molecule has 1 amide bonds. The number of phosphoric ester groups is 1. The van der Waals surface area contributed by atoms with Crippen molar-refractivity contribution < 1.29 is 32.8 Å². The maximum absolute atomic E-state index is 12.3. The van der Waals surface area contributed by atoms with Crippen molar-refractivity contribution in [2.24, 2.45) is 0 Å². The van der Waals surface area contributed by atoms with Crippen molar-refractivity contribution in [1.82, 2.24) is 10.2 Å². The molecular weight excluding hydrogens is 347 g/mol. The van der Waals surface area contributed by atoms with Gasteiger partial charge in [0.1, 0.15) is 23.3 Å². The summed E-state index contributed by atoms with van der Waals surface area (Å²) in [6.07, 6.45) is 0.398. The number of fused-ring (bicyclic) bond motifs is 1. The summed E-state index contributed by atoms with van der Waals surface area (Å²) in [4.78, 5) is 12.9. The topological polar surface area (TPSA) is 107 Å².